The maximum absolute atomic E-state index is 11.3. The maximum Gasteiger partial charge on any atom is 0.323 e. The molecule has 1 heterocycles. The standard InChI is InChI=1S/C13H25NO3/c1-7-13(6,10(15)16)14-9-8-11(2,3)17-12(9,4)5/h9,14H,7-8H2,1-6H3,(H,15,16). The minimum Gasteiger partial charge on any atom is -0.480 e. The topological polar surface area (TPSA) is 58.6 Å². The van der Waals surface area contributed by atoms with E-state index >= 15 is 0 Å². The first-order valence-electron chi connectivity index (χ1n) is 6.24. The minimum atomic E-state index is -0.883. The molecule has 0 aromatic carbocycles. The summed E-state index contributed by atoms with van der Waals surface area (Å²) < 4.78 is 5.96. The number of hydrogen-bond acceptors (Lipinski definition) is 3. The van der Waals surface area contributed by atoms with Gasteiger partial charge in [0.05, 0.1) is 11.2 Å². The molecule has 0 bridgehead atoms. The van der Waals surface area contributed by atoms with Gasteiger partial charge in [-0.05, 0) is 47.5 Å². The van der Waals surface area contributed by atoms with E-state index in [9.17, 15) is 9.90 Å². The molecule has 0 aromatic heterocycles. The van der Waals surface area contributed by atoms with Crippen molar-refractivity contribution in [2.24, 2.45) is 0 Å². The summed E-state index contributed by atoms with van der Waals surface area (Å²) in [4.78, 5) is 11.3. The second-order valence-electron chi connectivity index (χ2n) is 6.36. The monoisotopic (exact) mass is 243 g/mol. The van der Waals surface area contributed by atoms with Crippen LogP contribution >= 0.6 is 0 Å². The van der Waals surface area contributed by atoms with Gasteiger partial charge in [0.25, 0.3) is 0 Å². The highest BCUT2D eigenvalue weighted by molar-refractivity contribution is 5.78. The highest BCUT2D eigenvalue weighted by atomic mass is 16.5. The van der Waals surface area contributed by atoms with Crippen LogP contribution in [0.15, 0.2) is 0 Å². The maximum atomic E-state index is 11.3. The molecule has 0 radical (unpaired) electrons. The predicted octanol–water partition coefficient (Wildman–Crippen LogP) is 2.18. The second-order valence-corrected chi connectivity index (χ2v) is 6.36. The highest BCUT2D eigenvalue weighted by Crippen LogP contribution is 2.38. The van der Waals surface area contributed by atoms with Crippen LogP contribution in [-0.4, -0.2) is 33.9 Å². The van der Waals surface area contributed by atoms with Crippen LogP contribution in [0.5, 0.6) is 0 Å². The number of aliphatic carboxylic acids is 1. The summed E-state index contributed by atoms with van der Waals surface area (Å²) >= 11 is 0. The number of rotatable bonds is 4. The number of nitrogens with one attached hydrogen (secondary N) is 1. The SMILES string of the molecule is CCC(C)(NC1CC(C)(C)OC1(C)C)C(=O)O. The summed E-state index contributed by atoms with van der Waals surface area (Å²) in [6.07, 6.45) is 1.37. The van der Waals surface area contributed by atoms with Crippen molar-refractivity contribution in [3.8, 4) is 0 Å². The second kappa shape index (κ2) is 4.25. The van der Waals surface area contributed by atoms with Crippen molar-refractivity contribution in [1.82, 2.24) is 5.32 Å². The predicted molar refractivity (Wildman–Crippen MR) is 67.1 cm³/mol. The van der Waals surface area contributed by atoms with E-state index < -0.39 is 11.5 Å². The number of hydrogen-bond donors (Lipinski definition) is 2. The molecule has 2 unspecified atom stereocenters. The van der Waals surface area contributed by atoms with Crippen molar-refractivity contribution >= 4 is 5.97 Å². The first kappa shape index (κ1) is 14.5. The number of ether oxygens (including phenoxy) is 1. The zero-order valence-corrected chi connectivity index (χ0v) is 11.8. The quantitative estimate of drug-likeness (QED) is 0.794. The molecule has 100 valence electrons. The fraction of sp³-hybridized carbons (Fsp3) is 0.923. The molecular formula is C13H25NO3. The number of carboxylic acids is 1. The van der Waals surface area contributed by atoms with E-state index in [1.54, 1.807) is 6.92 Å². The Bertz CT molecular complexity index is 312. The lowest BCUT2D eigenvalue weighted by Crippen LogP contribution is -2.57. The Hall–Kier alpha value is -0.610. The van der Waals surface area contributed by atoms with Crippen molar-refractivity contribution in [3.63, 3.8) is 0 Å². The minimum absolute atomic E-state index is 0.0542. The van der Waals surface area contributed by atoms with Gasteiger partial charge in [0.1, 0.15) is 5.54 Å². The van der Waals surface area contributed by atoms with Crippen LogP contribution < -0.4 is 5.32 Å². The first-order valence-corrected chi connectivity index (χ1v) is 6.24. The van der Waals surface area contributed by atoms with E-state index in [-0.39, 0.29) is 17.2 Å². The van der Waals surface area contributed by atoms with Gasteiger partial charge in [0, 0.05) is 6.04 Å². The smallest absolute Gasteiger partial charge is 0.323 e. The van der Waals surface area contributed by atoms with Crippen molar-refractivity contribution < 1.29 is 14.6 Å². The highest BCUT2D eigenvalue weighted by Gasteiger charge is 2.48. The average Bonchev–Trinajstić information content (AvgIpc) is 2.33. The molecule has 2 N–H and O–H groups in total. The van der Waals surface area contributed by atoms with Crippen molar-refractivity contribution in [2.75, 3.05) is 0 Å². The Labute approximate surface area is 104 Å². The van der Waals surface area contributed by atoms with Crippen molar-refractivity contribution in [3.05, 3.63) is 0 Å². The van der Waals surface area contributed by atoms with E-state index in [2.05, 4.69) is 5.32 Å². The summed E-state index contributed by atoms with van der Waals surface area (Å²) in [5.41, 5.74) is -1.42. The van der Waals surface area contributed by atoms with E-state index in [4.69, 9.17) is 4.74 Å². The summed E-state index contributed by atoms with van der Waals surface area (Å²) in [6.45, 7) is 11.7. The molecule has 1 aliphatic heterocycles. The first-order chi connectivity index (χ1) is 7.52. The van der Waals surface area contributed by atoms with E-state index in [1.807, 2.05) is 34.6 Å². The van der Waals surface area contributed by atoms with Gasteiger partial charge in [-0.1, -0.05) is 6.92 Å². The third kappa shape index (κ3) is 2.99. The van der Waals surface area contributed by atoms with Crippen molar-refractivity contribution in [2.45, 2.75) is 77.2 Å². The largest absolute Gasteiger partial charge is 0.480 e. The normalized spacial score (nSPS) is 29.9. The van der Waals surface area contributed by atoms with Gasteiger partial charge in [-0.3, -0.25) is 10.1 Å². The molecular weight excluding hydrogens is 218 g/mol. The summed E-state index contributed by atoms with van der Waals surface area (Å²) in [5, 5.41) is 12.6. The molecule has 1 aliphatic rings. The molecule has 4 nitrogen and oxygen atoms in total. The fourth-order valence-corrected chi connectivity index (χ4v) is 2.49. The lowest BCUT2D eigenvalue weighted by Gasteiger charge is -2.34. The van der Waals surface area contributed by atoms with Crippen LogP contribution in [0.4, 0.5) is 0 Å². The zero-order valence-electron chi connectivity index (χ0n) is 11.8. The van der Waals surface area contributed by atoms with Crippen LogP contribution in [0.2, 0.25) is 0 Å². The molecule has 0 saturated carbocycles. The van der Waals surface area contributed by atoms with E-state index in [1.165, 1.54) is 0 Å². The summed E-state index contributed by atoms with van der Waals surface area (Å²) in [5.74, 6) is -0.805. The molecule has 1 rings (SSSR count). The van der Waals surface area contributed by atoms with Crippen molar-refractivity contribution in [1.29, 1.82) is 0 Å². The molecule has 17 heavy (non-hydrogen) atoms. The molecule has 2 atom stereocenters. The number of carboxylic acid groups (broad SMARTS) is 1. The third-order valence-electron chi connectivity index (χ3n) is 3.75. The fourth-order valence-electron chi connectivity index (χ4n) is 2.49. The average molecular weight is 243 g/mol. The molecule has 4 heteroatoms. The zero-order chi connectivity index (χ0) is 13.5. The Balaban J connectivity index is 2.85. The van der Waals surface area contributed by atoms with Gasteiger partial charge in [0.2, 0.25) is 0 Å². The lowest BCUT2D eigenvalue weighted by atomic mass is 9.89. The van der Waals surface area contributed by atoms with Gasteiger partial charge < -0.3 is 9.84 Å². The van der Waals surface area contributed by atoms with Crippen LogP contribution in [0, 0.1) is 0 Å². The van der Waals surface area contributed by atoms with Crippen LogP contribution in [-0.2, 0) is 9.53 Å². The van der Waals surface area contributed by atoms with E-state index in [0.717, 1.165) is 6.42 Å². The third-order valence-corrected chi connectivity index (χ3v) is 3.75. The van der Waals surface area contributed by atoms with Gasteiger partial charge in [-0.2, -0.15) is 0 Å². The van der Waals surface area contributed by atoms with Crippen LogP contribution in [0.25, 0.3) is 0 Å². The summed E-state index contributed by atoms with van der Waals surface area (Å²) in [7, 11) is 0. The molecule has 0 aromatic rings. The Kier molecular flexibility index (Phi) is 3.61. The Morgan fingerprint density at radius 3 is 2.29 bits per heavy atom. The van der Waals surface area contributed by atoms with Gasteiger partial charge in [-0.25, -0.2) is 0 Å². The molecule has 0 spiro atoms. The van der Waals surface area contributed by atoms with Crippen LogP contribution in [0.1, 0.15) is 54.4 Å². The molecule has 0 amide bonds. The number of carbonyl (C=O) groups is 1. The Morgan fingerprint density at radius 1 is 1.47 bits per heavy atom. The van der Waals surface area contributed by atoms with Gasteiger partial charge in [-0.15, -0.1) is 0 Å². The molecule has 0 aliphatic carbocycles. The molecule has 1 saturated heterocycles. The lowest BCUT2D eigenvalue weighted by molar-refractivity contribution is -0.145. The molecule has 1 fully saturated rings. The van der Waals surface area contributed by atoms with E-state index in [0.29, 0.717) is 6.42 Å². The Morgan fingerprint density at radius 2 is 2.00 bits per heavy atom. The summed E-state index contributed by atoms with van der Waals surface area (Å²) in [6, 6.07) is 0.0542. The van der Waals surface area contributed by atoms with Gasteiger partial charge >= 0.3 is 5.97 Å². The van der Waals surface area contributed by atoms with Gasteiger partial charge in [0.15, 0.2) is 0 Å². The van der Waals surface area contributed by atoms with Crippen LogP contribution in [0.3, 0.4) is 0 Å².